The third-order valence-electron chi connectivity index (χ3n) is 5.43. The highest BCUT2D eigenvalue weighted by atomic mass is 19.3. The highest BCUT2D eigenvalue weighted by Crippen LogP contribution is 2.39. The van der Waals surface area contributed by atoms with Crippen LogP contribution in [-0.2, 0) is 12.8 Å². The van der Waals surface area contributed by atoms with E-state index in [4.69, 9.17) is 15.0 Å². The quantitative estimate of drug-likeness (QED) is 0.467. The molecule has 1 atom stereocenters. The van der Waals surface area contributed by atoms with Gasteiger partial charge in [-0.1, -0.05) is 5.16 Å². The largest absolute Gasteiger partial charge is 0.482 e. The minimum absolute atomic E-state index is 0.115. The molecule has 5 rings (SSSR count). The molecule has 0 amide bonds. The minimum Gasteiger partial charge on any atom is -0.482 e. The summed E-state index contributed by atoms with van der Waals surface area (Å²) in [6.07, 6.45) is -0.404. The first-order chi connectivity index (χ1) is 15.4. The first-order valence-corrected chi connectivity index (χ1v) is 9.91. The summed E-state index contributed by atoms with van der Waals surface area (Å²) in [4.78, 5) is 4.17. The highest BCUT2D eigenvalue weighted by Gasteiger charge is 2.26. The Morgan fingerprint density at radius 1 is 1.28 bits per heavy atom. The molecule has 1 aliphatic rings. The number of benzene rings is 1. The number of H-pyrrole nitrogens is 1. The number of anilines is 1. The van der Waals surface area contributed by atoms with Crippen molar-refractivity contribution in [3.8, 4) is 28.1 Å². The number of rotatable bonds is 2. The number of pyridine rings is 1. The van der Waals surface area contributed by atoms with Crippen molar-refractivity contribution in [1.82, 2.24) is 20.3 Å². The Bertz CT molecular complexity index is 1300. The molecule has 2 bridgehead atoms. The second-order valence-electron chi connectivity index (χ2n) is 7.56. The van der Waals surface area contributed by atoms with Gasteiger partial charge in [0.1, 0.15) is 17.7 Å². The summed E-state index contributed by atoms with van der Waals surface area (Å²) in [5.74, 6) is 0.308. The van der Waals surface area contributed by atoms with Gasteiger partial charge in [-0.15, -0.1) is 0 Å². The zero-order valence-corrected chi connectivity index (χ0v) is 16.9. The SMILES string of the molecule is CC1Oc2cc(cnc2N)-c2c(CC(F)F)noc2Cc2c[nH]nc2-c2ccc(F)cc21. The summed E-state index contributed by atoms with van der Waals surface area (Å²) < 4.78 is 52.1. The van der Waals surface area contributed by atoms with E-state index < -0.39 is 24.8 Å². The van der Waals surface area contributed by atoms with Gasteiger partial charge in [-0.05, 0) is 31.2 Å². The Balaban J connectivity index is 1.76. The molecule has 0 fully saturated rings. The van der Waals surface area contributed by atoms with Crippen molar-refractivity contribution in [3.63, 3.8) is 0 Å². The standard InChI is InChI=1S/C22H18F3N5O2/c1-10-15-6-13(23)2-3-14(15)21-12(9-28-29-21)5-17-20(16(30-32-17)7-19(24)25)11-4-18(31-10)22(26)27-8-11/h2-4,6,8-10,19H,5,7H2,1H3,(H2,26,27)(H,28,29). The summed E-state index contributed by atoms with van der Waals surface area (Å²) in [5, 5.41) is 11.1. The number of hydrogen-bond acceptors (Lipinski definition) is 6. The minimum atomic E-state index is -2.60. The summed E-state index contributed by atoms with van der Waals surface area (Å²) in [6, 6.07) is 5.96. The van der Waals surface area contributed by atoms with Crippen LogP contribution in [0.3, 0.4) is 0 Å². The van der Waals surface area contributed by atoms with Crippen molar-refractivity contribution >= 4 is 5.82 Å². The van der Waals surface area contributed by atoms with Crippen LogP contribution in [-0.4, -0.2) is 26.8 Å². The smallest absolute Gasteiger partial charge is 0.244 e. The Morgan fingerprint density at radius 3 is 2.94 bits per heavy atom. The van der Waals surface area contributed by atoms with Crippen LogP contribution in [0.15, 0.2) is 41.2 Å². The molecule has 10 heteroatoms. The van der Waals surface area contributed by atoms with E-state index in [-0.39, 0.29) is 23.7 Å². The molecule has 0 saturated heterocycles. The van der Waals surface area contributed by atoms with E-state index in [2.05, 4.69) is 20.3 Å². The van der Waals surface area contributed by atoms with Crippen LogP contribution < -0.4 is 10.5 Å². The number of nitrogens with two attached hydrogens (primary N) is 1. The van der Waals surface area contributed by atoms with Gasteiger partial charge in [0.25, 0.3) is 0 Å². The van der Waals surface area contributed by atoms with E-state index in [1.165, 1.54) is 18.3 Å². The molecule has 3 aromatic heterocycles. The fraction of sp³-hybridized carbons (Fsp3) is 0.227. The predicted molar refractivity (Wildman–Crippen MR) is 110 cm³/mol. The van der Waals surface area contributed by atoms with Gasteiger partial charge in [0.15, 0.2) is 11.6 Å². The second kappa shape index (κ2) is 7.70. The van der Waals surface area contributed by atoms with E-state index in [9.17, 15) is 13.2 Å². The molecule has 164 valence electrons. The second-order valence-corrected chi connectivity index (χ2v) is 7.56. The molecule has 3 N–H and O–H groups in total. The number of alkyl halides is 2. The summed E-state index contributed by atoms with van der Waals surface area (Å²) in [5.41, 5.74) is 9.57. The fourth-order valence-corrected chi connectivity index (χ4v) is 3.98. The number of fused-ring (bicyclic) bond motifs is 7. The molecule has 1 aliphatic heterocycles. The normalized spacial score (nSPS) is 15.2. The van der Waals surface area contributed by atoms with Crippen molar-refractivity contribution in [1.29, 1.82) is 0 Å². The lowest BCUT2D eigenvalue weighted by molar-refractivity contribution is 0.146. The molecule has 0 saturated carbocycles. The molecule has 4 aromatic rings. The zero-order valence-electron chi connectivity index (χ0n) is 16.9. The summed E-state index contributed by atoms with van der Waals surface area (Å²) in [7, 11) is 0. The van der Waals surface area contributed by atoms with E-state index in [0.717, 1.165) is 5.56 Å². The molecular weight excluding hydrogens is 423 g/mol. The van der Waals surface area contributed by atoms with Crippen LogP contribution >= 0.6 is 0 Å². The molecule has 0 radical (unpaired) electrons. The van der Waals surface area contributed by atoms with E-state index in [1.54, 1.807) is 25.3 Å². The molecule has 0 aliphatic carbocycles. The molecule has 4 heterocycles. The van der Waals surface area contributed by atoms with Crippen LogP contribution in [0.25, 0.3) is 22.4 Å². The number of nitrogens with one attached hydrogen (secondary N) is 1. The van der Waals surface area contributed by atoms with Crippen molar-refractivity contribution < 1.29 is 22.4 Å². The van der Waals surface area contributed by atoms with Gasteiger partial charge >= 0.3 is 0 Å². The average molecular weight is 441 g/mol. The van der Waals surface area contributed by atoms with E-state index in [1.807, 2.05) is 0 Å². The number of nitrogens with zero attached hydrogens (tertiary/aromatic N) is 3. The lowest BCUT2D eigenvalue weighted by Crippen LogP contribution is -2.09. The Labute approximate surface area is 180 Å². The number of aromatic nitrogens is 4. The van der Waals surface area contributed by atoms with Gasteiger partial charge in [0.05, 0.1) is 23.4 Å². The maximum absolute atomic E-state index is 14.1. The maximum atomic E-state index is 14.1. The van der Waals surface area contributed by atoms with Crippen LogP contribution in [0.4, 0.5) is 19.0 Å². The lowest BCUT2D eigenvalue weighted by Gasteiger charge is -2.20. The van der Waals surface area contributed by atoms with Gasteiger partial charge in [0.2, 0.25) is 6.43 Å². The maximum Gasteiger partial charge on any atom is 0.244 e. The van der Waals surface area contributed by atoms with Gasteiger partial charge in [-0.2, -0.15) is 5.10 Å². The van der Waals surface area contributed by atoms with Crippen molar-refractivity contribution in [2.75, 3.05) is 5.73 Å². The topological polar surface area (TPSA) is 103 Å². The Morgan fingerprint density at radius 2 is 2.12 bits per heavy atom. The van der Waals surface area contributed by atoms with Crippen LogP contribution in [0.2, 0.25) is 0 Å². The summed E-state index contributed by atoms with van der Waals surface area (Å²) in [6.45, 7) is 1.76. The van der Waals surface area contributed by atoms with Gasteiger partial charge in [-0.25, -0.2) is 18.2 Å². The number of hydrogen-bond donors (Lipinski definition) is 2. The number of nitrogen functional groups attached to an aromatic ring is 1. The van der Waals surface area contributed by atoms with Crippen molar-refractivity contribution in [2.45, 2.75) is 32.3 Å². The molecule has 1 unspecified atom stereocenters. The van der Waals surface area contributed by atoms with Crippen molar-refractivity contribution in [2.24, 2.45) is 0 Å². The van der Waals surface area contributed by atoms with Gasteiger partial charge < -0.3 is 15.0 Å². The van der Waals surface area contributed by atoms with E-state index >= 15 is 0 Å². The zero-order chi connectivity index (χ0) is 22.4. The molecule has 1 aromatic carbocycles. The Hall–Kier alpha value is -3.82. The van der Waals surface area contributed by atoms with Crippen LogP contribution in [0.5, 0.6) is 5.75 Å². The van der Waals surface area contributed by atoms with Crippen LogP contribution in [0, 0.1) is 5.82 Å². The predicted octanol–water partition coefficient (Wildman–Crippen LogP) is 4.70. The first-order valence-electron chi connectivity index (χ1n) is 9.91. The molecular formula is C22H18F3N5O2. The lowest BCUT2D eigenvalue weighted by atomic mass is 9.94. The monoisotopic (exact) mass is 441 g/mol. The number of ether oxygens (including phenoxy) is 1. The molecule has 32 heavy (non-hydrogen) atoms. The first kappa shape index (κ1) is 20.1. The molecule has 7 nitrogen and oxygen atoms in total. The molecule has 0 spiro atoms. The third kappa shape index (κ3) is 3.47. The van der Waals surface area contributed by atoms with Gasteiger partial charge in [0, 0.05) is 41.1 Å². The highest BCUT2D eigenvalue weighted by molar-refractivity contribution is 5.73. The van der Waals surface area contributed by atoms with Crippen LogP contribution in [0.1, 0.15) is 35.6 Å². The van der Waals surface area contributed by atoms with Gasteiger partial charge in [-0.3, -0.25) is 5.10 Å². The average Bonchev–Trinajstić information content (AvgIpc) is 3.36. The third-order valence-corrected chi connectivity index (χ3v) is 5.43. The van der Waals surface area contributed by atoms with E-state index in [0.29, 0.717) is 33.7 Å². The van der Waals surface area contributed by atoms with Crippen molar-refractivity contribution in [3.05, 3.63) is 65.1 Å². The number of halogens is 3. The summed E-state index contributed by atoms with van der Waals surface area (Å²) >= 11 is 0. The Kier molecular flexibility index (Phi) is 4.84. The fourth-order valence-electron chi connectivity index (χ4n) is 3.98. The number of aromatic amines is 1.